The lowest BCUT2D eigenvalue weighted by molar-refractivity contribution is 0.0146. The largest absolute Gasteiger partial charge is 0.485 e. The van der Waals surface area contributed by atoms with Crippen LogP contribution in [0.25, 0.3) is 0 Å². The zero-order valence-corrected chi connectivity index (χ0v) is 9.20. The highest BCUT2D eigenvalue weighted by atomic mass is 16.5. The van der Waals surface area contributed by atoms with Crippen molar-refractivity contribution >= 4 is 0 Å². The second-order valence-corrected chi connectivity index (χ2v) is 4.42. The van der Waals surface area contributed by atoms with E-state index < -0.39 is 0 Å². The quantitative estimate of drug-likeness (QED) is 0.824. The maximum absolute atomic E-state index is 9.44. The predicted octanol–water partition coefficient (Wildman–Crippen LogP) is 2.68. The first-order valence-electron chi connectivity index (χ1n) is 5.61. The van der Waals surface area contributed by atoms with E-state index in [4.69, 9.17) is 4.74 Å². The first kappa shape index (κ1) is 10.5. The van der Waals surface area contributed by atoms with Gasteiger partial charge in [0, 0.05) is 0 Å². The van der Waals surface area contributed by atoms with Crippen molar-refractivity contribution in [2.24, 2.45) is 0 Å². The van der Waals surface area contributed by atoms with Crippen LogP contribution in [0.15, 0.2) is 24.3 Å². The number of benzene rings is 1. The third kappa shape index (κ3) is 2.15. The lowest BCUT2D eigenvalue weighted by Gasteiger charge is -2.28. The number of para-hydroxylation sites is 1. The Hall–Kier alpha value is -1.02. The molecule has 15 heavy (non-hydrogen) atoms. The van der Waals surface area contributed by atoms with E-state index in [9.17, 15) is 5.11 Å². The van der Waals surface area contributed by atoms with E-state index in [1.165, 1.54) is 0 Å². The number of hydrogen-bond donors (Lipinski definition) is 1. The van der Waals surface area contributed by atoms with Gasteiger partial charge in [0.25, 0.3) is 0 Å². The molecule has 0 radical (unpaired) electrons. The first-order chi connectivity index (χ1) is 7.26. The van der Waals surface area contributed by atoms with E-state index in [0.29, 0.717) is 0 Å². The van der Waals surface area contributed by atoms with Crippen LogP contribution >= 0.6 is 0 Å². The molecule has 1 aromatic carbocycles. The number of ether oxygens (including phenoxy) is 1. The van der Waals surface area contributed by atoms with Crippen LogP contribution in [0.2, 0.25) is 0 Å². The van der Waals surface area contributed by atoms with Crippen molar-refractivity contribution < 1.29 is 9.84 Å². The second-order valence-electron chi connectivity index (χ2n) is 4.42. The molecule has 0 aliphatic heterocycles. The van der Waals surface area contributed by atoms with Gasteiger partial charge < -0.3 is 9.84 Å². The summed E-state index contributed by atoms with van der Waals surface area (Å²) < 4.78 is 5.99. The summed E-state index contributed by atoms with van der Waals surface area (Å²) in [6.07, 6.45) is 4.26. The van der Waals surface area contributed by atoms with Crippen molar-refractivity contribution in [2.45, 2.75) is 38.2 Å². The predicted molar refractivity (Wildman–Crippen MR) is 60.1 cm³/mol. The van der Waals surface area contributed by atoms with Gasteiger partial charge >= 0.3 is 0 Å². The number of aliphatic hydroxyl groups excluding tert-OH is 1. The van der Waals surface area contributed by atoms with Crippen LogP contribution < -0.4 is 4.74 Å². The van der Waals surface area contributed by atoms with Crippen LogP contribution in [-0.2, 0) is 0 Å². The van der Waals surface area contributed by atoms with Crippen molar-refractivity contribution in [2.75, 3.05) is 6.61 Å². The molecule has 0 bridgehead atoms. The Morgan fingerprint density at radius 2 is 1.93 bits per heavy atom. The third-order valence-electron chi connectivity index (χ3n) is 3.22. The Morgan fingerprint density at radius 1 is 1.27 bits per heavy atom. The molecule has 0 saturated heterocycles. The van der Waals surface area contributed by atoms with Gasteiger partial charge in [0.15, 0.2) is 0 Å². The summed E-state index contributed by atoms with van der Waals surface area (Å²) in [6.45, 7) is 2.16. The molecule has 1 aliphatic carbocycles. The Bertz CT molecular complexity index is 327. The van der Waals surface area contributed by atoms with E-state index in [2.05, 4.69) is 0 Å². The topological polar surface area (TPSA) is 29.5 Å². The highest BCUT2D eigenvalue weighted by Crippen LogP contribution is 2.34. The monoisotopic (exact) mass is 206 g/mol. The lowest BCUT2D eigenvalue weighted by Crippen LogP contribution is -2.36. The highest BCUT2D eigenvalue weighted by molar-refractivity contribution is 5.32. The molecule has 0 aromatic heterocycles. The van der Waals surface area contributed by atoms with Crippen LogP contribution in [0, 0.1) is 6.92 Å². The summed E-state index contributed by atoms with van der Waals surface area (Å²) in [7, 11) is 0. The molecule has 1 N–H and O–H groups in total. The molecular weight excluding hydrogens is 188 g/mol. The average molecular weight is 206 g/mol. The summed E-state index contributed by atoms with van der Waals surface area (Å²) in [4.78, 5) is 0. The number of hydrogen-bond acceptors (Lipinski definition) is 2. The van der Waals surface area contributed by atoms with Gasteiger partial charge in [-0.25, -0.2) is 0 Å². The van der Waals surface area contributed by atoms with Crippen molar-refractivity contribution in [3.8, 4) is 5.75 Å². The van der Waals surface area contributed by atoms with Crippen molar-refractivity contribution in [3.05, 3.63) is 29.8 Å². The summed E-state index contributed by atoms with van der Waals surface area (Å²) in [6, 6.07) is 7.99. The number of rotatable bonds is 3. The standard InChI is InChI=1S/C13H18O2/c1-11-6-2-3-7-12(11)15-13(10-14)8-4-5-9-13/h2-3,6-7,14H,4-5,8-10H2,1H3. The van der Waals surface area contributed by atoms with Gasteiger partial charge in [-0.05, 0) is 44.2 Å². The molecule has 0 unspecified atom stereocenters. The summed E-state index contributed by atoms with van der Waals surface area (Å²) in [5, 5.41) is 9.44. The Labute approximate surface area is 90.9 Å². The van der Waals surface area contributed by atoms with E-state index in [1.807, 2.05) is 31.2 Å². The van der Waals surface area contributed by atoms with Gasteiger partial charge in [-0.2, -0.15) is 0 Å². The fourth-order valence-corrected chi connectivity index (χ4v) is 2.22. The van der Waals surface area contributed by atoms with E-state index in [-0.39, 0.29) is 12.2 Å². The van der Waals surface area contributed by atoms with E-state index >= 15 is 0 Å². The molecular formula is C13H18O2. The lowest BCUT2D eigenvalue weighted by atomic mass is 10.0. The minimum atomic E-state index is -0.313. The van der Waals surface area contributed by atoms with Crippen LogP contribution in [0.3, 0.4) is 0 Å². The molecule has 2 nitrogen and oxygen atoms in total. The zero-order valence-electron chi connectivity index (χ0n) is 9.20. The normalized spacial score (nSPS) is 19.1. The van der Waals surface area contributed by atoms with Crippen LogP contribution in [0.4, 0.5) is 0 Å². The van der Waals surface area contributed by atoms with Gasteiger partial charge in [0.2, 0.25) is 0 Å². The van der Waals surface area contributed by atoms with Crippen LogP contribution in [0.1, 0.15) is 31.2 Å². The summed E-state index contributed by atoms with van der Waals surface area (Å²) in [5.74, 6) is 0.911. The molecule has 1 fully saturated rings. The highest BCUT2D eigenvalue weighted by Gasteiger charge is 2.35. The molecule has 1 aromatic rings. The third-order valence-corrected chi connectivity index (χ3v) is 3.22. The molecule has 1 aliphatic rings. The first-order valence-corrected chi connectivity index (χ1v) is 5.61. The maximum atomic E-state index is 9.44. The fourth-order valence-electron chi connectivity index (χ4n) is 2.22. The molecule has 0 atom stereocenters. The minimum absolute atomic E-state index is 0.126. The molecule has 82 valence electrons. The molecule has 2 heteroatoms. The zero-order chi connectivity index (χ0) is 10.7. The van der Waals surface area contributed by atoms with Crippen molar-refractivity contribution in [1.82, 2.24) is 0 Å². The van der Waals surface area contributed by atoms with Gasteiger partial charge in [-0.1, -0.05) is 18.2 Å². The van der Waals surface area contributed by atoms with Gasteiger partial charge in [0.05, 0.1) is 6.61 Å². The second kappa shape index (κ2) is 4.23. The fraction of sp³-hybridized carbons (Fsp3) is 0.538. The Kier molecular flexibility index (Phi) is 2.96. The molecule has 0 heterocycles. The van der Waals surface area contributed by atoms with Crippen molar-refractivity contribution in [1.29, 1.82) is 0 Å². The summed E-state index contributed by atoms with van der Waals surface area (Å²) >= 11 is 0. The smallest absolute Gasteiger partial charge is 0.132 e. The molecule has 2 rings (SSSR count). The molecule has 1 saturated carbocycles. The van der Waals surface area contributed by atoms with E-state index in [1.54, 1.807) is 0 Å². The molecule has 0 amide bonds. The summed E-state index contributed by atoms with van der Waals surface area (Å²) in [5.41, 5.74) is 0.823. The minimum Gasteiger partial charge on any atom is -0.485 e. The number of aryl methyl sites for hydroxylation is 1. The SMILES string of the molecule is Cc1ccccc1OC1(CO)CCCC1. The average Bonchev–Trinajstić information content (AvgIpc) is 2.71. The maximum Gasteiger partial charge on any atom is 0.132 e. The van der Waals surface area contributed by atoms with Crippen molar-refractivity contribution in [3.63, 3.8) is 0 Å². The van der Waals surface area contributed by atoms with Gasteiger partial charge in [0.1, 0.15) is 11.4 Å². The Balaban J connectivity index is 2.16. The molecule has 0 spiro atoms. The number of aliphatic hydroxyl groups is 1. The van der Waals surface area contributed by atoms with Crippen LogP contribution in [-0.4, -0.2) is 17.3 Å². The van der Waals surface area contributed by atoms with Gasteiger partial charge in [-0.15, -0.1) is 0 Å². The Morgan fingerprint density at radius 3 is 2.53 bits per heavy atom. The van der Waals surface area contributed by atoms with Gasteiger partial charge in [-0.3, -0.25) is 0 Å². The van der Waals surface area contributed by atoms with E-state index in [0.717, 1.165) is 37.0 Å². The van der Waals surface area contributed by atoms with Crippen LogP contribution in [0.5, 0.6) is 5.75 Å².